The fraction of sp³-hybridized carbons (Fsp3) is 0.904. The van der Waals surface area contributed by atoms with Crippen LogP contribution in [0.4, 0.5) is 0 Å². The summed E-state index contributed by atoms with van der Waals surface area (Å²) in [5, 5.41) is 121. The number of ether oxygens (including phenoxy) is 6. The van der Waals surface area contributed by atoms with Crippen LogP contribution in [0.25, 0.3) is 0 Å². The number of amides is 1. The van der Waals surface area contributed by atoms with Crippen LogP contribution in [-0.4, -0.2) is 193 Å². The number of carbonyl (C=O) groups excluding carboxylic acids is 1. The minimum atomic E-state index is -1.98. The summed E-state index contributed by atoms with van der Waals surface area (Å²) in [4.78, 5) is 13.4. The van der Waals surface area contributed by atoms with Crippen LogP contribution in [0.15, 0.2) is 36.5 Å². The number of carbonyl (C=O) groups is 1. The fourth-order valence-electron chi connectivity index (χ4n) is 12.6. The summed E-state index contributed by atoms with van der Waals surface area (Å²) in [6.07, 6.45) is 38.5. The molecule has 0 aliphatic carbocycles. The summed E-state index contributed by atoms with van der Waals surface area (Å²) in [6.45, 7) is 1.74. The first-order chi connectivity index (χ1) is 44.8. The van der Waals surface area contributed by atoms with E-state index in [9.17, 15) is 61.0 Å². The zero-order valence-corrected chi connectivity index (χ0v) is 57.3. The maximum Gasteiger partial charge on any atom is 0.220 e. The van der Waals surface area contributed by atoms with E-state index in [1.54, 1.807) is 6.08 Å². The van der Waals surface area contributed by atoms with E-state index in [1.807, 2.05) is 6.08 Å². The Hall–Kier alpha value is -1.99. The Morgan fingerprint density at radius 3 is 1.09 bits per heavy atom. The predicted octanol–water partition coefficient (Wildman–Crippen LogP) is 10.8. The van der Waals surface area contributed by atoms with Crippen LogP contribution >= 0.6 is 0 Å². The molecule has 3 aliphatic heterocycles. The van der Waals surface area contributed by atoms with E-state index >= 15 is 0 Å². The summed E-state index contributed by atoms with van der Waals surface area (Å²) in [5.41, 5.74) is 0. The van der Waals surface area contributed by atoms with E-state index in [0.29, 0.717) is 12.8 Å². The van der Waals surface area contributed by atoms with Gasteiger partial charge in [0.25, 0.3) is 0 Å². The number of aliphatic hydroxyl groups excluding tert-OH is 11. The summed E-state index contributed by atoms with van der Waals surface area (Å²) in [7, 11) is 0. The number of nitrogens with one attached hydrogen (secondary N) is 1. The molecular formula is C73H135NO18. The Kier molecular flexibility index (Phi) is 50.3. The third-order valence-electron chi connectivity index (χ3n) is 18.7. The third-order valence-corrected chi connectivity index (χ3v) is 18.7. The quantitative estimate of drug-likeness (QED) is 0.0199. The van der Waals surface area contributed by atoms with Crippen LogP contribution in [0.5, 0.6) is 0 Å². The highest BCUT2D eigenvalue weighted by Gasteiger charge is 2.53. The highest BCUT2D eigenvalue weighted by atomic mass is 16.8. The van der Waals surface area contributed by atoms with Gasteiger partial charge in [0, 0.05) is 6.42 Å². The second-order valence-electron chi connectivity index (χ2n) is 26.7. The SMILES string of the molecule is CCCCCCCCC/C=C\CCCCCCCCCC(=O)NC(COC1OC(CO)C(OC2OC(CO)C(OC3OC(CO)C(O)C(O)C3O)C(O)C2O)C(O)C1O)C(O)/C=C/CC/C=C/CCCCCCCCCCCCCCCCCCCCCCCCC. The summed E-state index contributed by atoms with van der Waals surface area (Å²) in [6, 6.07) is -0.993. The van der Waals surface area contributed by atoms with E-state index in [0.717, 1.165) is 51.4 Å². The third kappa shape index (κ3) is 36.0. The van der Waals surface area contributed by atoms with Crippen molar-refractivity contribution in [1.82, 2.24) is 5.32 Å². The molecule has 3 aliphatic rings. The molecule has 17 unspecified atom stereocenters. The van der Waals surface area contributed by atoms with E-state index < -0.39 is 124 Å². The van der Waals surface area contributed by atoms with Gasteiger partial charge in [0.15, 0.2) is 18.9 Å². The van der Waals surface area contributed by atoms with Crippen molar-refractivity contribution in [2.75, 3.05) is 26.4 Å². The molecular weight excluding hydrogens is 1180 g/mol. The van der Waals surface area contributed by atoms with Crippen molar-refractivity contribution in [1.29, 1.82) is 0 Å². The molecule has 3 saturated heterocycles. The number of hydrogen-bond donors (Lipinski definition) is 12. The lowest BCUT2D eigenvalue weighted by Crippen LogP contribution is -2.66. The van der Waals surface area contributed by atoms with Gasteiger partial charge in [-0.05, 0) is 57.8 Å². The first kappa shape index (κ1) is 84.2. The van der Waals surface area contributed by atoms with E-state index in [1.165, 1.54) is 205 Å². The molecule has 3 rings (SSSR count). The lowest BCUT2D eigenvalue weighted by Gasteiger charge is -2.48. The molecule has 0 aromatic carbocycles. The Morgan fingerprint density at radius 2 is 0.696 bits per heavy atom. The molecule has 19 nitrogen and oxygen atoms in total. The van der Waals surface area contributed by atoms with Gasteiger partial charge in [0.2, 0.25) is 5.91 Å². The topological polar surface area (TPSA) is 307 Å². The molecule has 3 fully saturated rings. The molecule has 540 valence electrons. The van der Waals surface area contributed by atoms with Crippen molar-refractivity contribution in [3.05, 3.63) is 36.5 Å². The summed E-state index contributed by atoms with van der Waals surface area (Å²) >= 11 is 0. The minimum Gasteiger partial charge on any atom is -0.394 e. The van der Waals surface area contributed by atoms with Crippen molar-refractivity contribution < 1.29 is 89.4 Å². The predicted molar refractivity (Wildman–Crippen MR) is 360 cm³/mol. The molecule has 17 atom stereocenters. The standard InChI is InChI=1S/C73H135NO18/c1-3-5-7-9-11-13-15-17-19-21-23-24-25-26-27-28-29-30-31-32-33-34-36-38-40-42-44-46-48-50-57(78)56(74-61(79)51-49-47-45-43-41-39-37-35-22-20-18-16-14-12-10-8-6-4-2)55-87-71-67(85)64(82)69(59(53-76)89-71)92-73-68(86)65(83)70(60(54-77)90-73)91-72-66(84)63(81)62(80)58(52-75)88-72/h20,22,40,42,48,50,56-60,62-73,75-78,80-86H,3-19,21,23-39,41,43-47,49,51-55H2,1-2H3,(H,74,79)/b22-20-,42-40+,50-48+. The molecule has 19 heteroatoms. The smallest absolute Gasteiger partial charge is 0.220 e. The van der Waals surface area contributed by atoms with E-state index in [-0.39, 0.29) is 18.9 Å². The zero-order chi connectivity index (χ0) is 66.8. The Labute approximate surface area is 555 Å². The zero-order valence-electron chi connectivity index (χ0n) is 57.3. The largest absolute Gasteiger partial charge is 0.394 e. The van der Waals surface area contributed by atoms with Gasteiger partial charge in [0.05, 0.1) is 38.6 Å². The number of unbranched alkanes of at least 4 members (excludes halogenated alkanes) is 38. The fourth-order valence-corrected chi connectivity index (χ4v) is 12.6. The van der Waals surface area contributed by atoms with E-state index in [4.69, 9.17) is 28.4 Å². The van der Waals surface area contributed by atoms with Crippen LogP contribution in [0.3, 0.4) is 0 Å². The van der Waals surface area contributed by atoms with Crippen LogP contribution in [-0.2, 0) is 33.2 Å². The molecule has 0 spiro atoms. The first-order valence-corrected chi connectivity index (χ1v) is 37.2. The Bertz CT molecular complexity index is 1810. The van der Waals surface area contributed by atoms with Crippen molar-refractivity contribution >= 4 is 5.91 Å². The normalized spacial score (nSPS) is 27.9. The average Bonchev–Trinajstić information content (AvgIpc) is 0.838. The van der Waals surface area contributed by atoms with Gasteiger partial charge >= 0.3 is 0 Å². The maximum atomic E-state index is 13.4. The van der Waals surface area contributed by atoms with Gasteiger partial charge in [-0.25, -0.2) is 0 Å². The molecule has 0 radical (unpaired) electrons. The van der Waals surface area contributed by atoms with Crippen LogP contribution in [0.2, 0.25) is 0 Å². The van der Waals surface area contributed by atoms with Crippen LogP contribution in [0, 0.1) is 0 Å². The number of aliphatic hydroxyl groups is 11. The number of allylic oxidation sites excluding steroid dienone is 5. The molecule has 0 aromatic rings. The van der Waals surface area contributed by atoms with Crippen LogP contribution in [0.1, 0.15) is 290 Å². The average molecular weight is 1310 g/mol. The molecule has 12 N–H and O–H groups in total. The molecule has 92 heavy (non-hydrogen) atoms. The van der Waals surface area contributed by atoms with Crippen molar-refractivity contribution in [3.8, 4) is 0 Å². The monoisotopic (exact) mass is 1310 g/mol. The summed E-state index contributed by atoms with van der Waals surface area (Å²) < 4.78 is 34.4. The molecule has 0 bridgehead atoms. The second kappa shape index (κ2) is 55.0. The van der Waals surface area contributed by atoms with Crippen molar-refractivity contribution in [2.24, 2.45) is 0 Å². The summed E-state index contributed by atoms with van der Waals surface area (Å²) in [5.74, 6) is -0.287. The molecule has 0 aromatic heterocycles. The van der Waals surface area contributed by atoms with Crippen LogP contribution < -0.4 is 5.32 Å². The minimum absolute atomic E-state index is 0.231. The van der Waals surface area contributed by atoms with Gasteiger partial charge in [-0.3, -0.25) is 4.79 Å². The highest BCUT2D eigenvalue weighted by Crippen LogP contribution is 2.33. The number of rotatable bonds is 58. The molecule has 1 amide bonds. The number of hydrogen-bond acceptors (Lipinski definition) is 18. The maximum absolute atomic E-state index is 13.4. The molecule has 3 heterocycles. The lowest BCUT2D eigenvalue weighted by atomic mass is 9.96. The molecule has 0 saturated carbocycles. The van der Waals surface area contributed by atoms with Gasteiger partial charge < -0.3 is 89.9 Å². The van der Waals surface area contributed by atoms with Gasteiger partial charge in [0.1, 0.15) is 73.2 Å². The van der Waals surface area contributed by atoms with Gasteiger partial charge in [-0.2, -0.15) is 0 Å². The van der Waals surface area contributed by atoms with Crippen molar-refractivity contribution in [3.63, 3.8) is 0 Å². The Morgan fingerprint density at radius 1 is 0.380 bits per heavy atom. The van der Waals surface area contributed by atoms with E-state index in [2.05, 4.69) is 43.5 Å². The second-order valence-corrected chi connectivity index (χ2v) is 26.7. The van der Waals surface area contributed by atoms with Crippen molar-refractivity contribution in [2.45, 2.75) is 394 Å². The van der Waals surface area contributed by atoms with Gasteiger partial charge in [-0.1, -0.05) is 262 Å². The highest BCUT2D eigenvalue weighted by molar-refractivity contribution is 5.76. The Balaban J connectivity index is 1.41. The first-order valence-electron chi connectivity index (χ1n) is 37.2. The lowest BCUT2D eigenvalue weighted by molar-refractivity contribution is -0.379. The van der Waals surface area contributed by atoms with Gasteiger partial charge in [-0.15, -0.1) is 0 Å².